The Hall–Kier alpha value is -1.60. The monoisotopic (exact) mass is 421 g/mol. The Labute approximate surface area is 183 Å². The molecule has 1 saturated heterocycles. The van der Waals surface area contributed by atoms with Crippen molar-refractivity contribution in [2.45, 2.75) is 58.5 Å². The Bertz CT molecular complexity index is 602. The maximum Gasteiger partial charge on any atom is 0.317 e. The van der Waals surface area contributed by atoms with E-state index in [4.69, 9.17) is 0 Å². The van der Waals surface area contributed by atoms with Gasteiger partial charge in [0.05, 0.1) is 0 Å². The number of hydrogen-bond donors (Lipinski definition) is 1. The molecule has 0 aromatic heterocycles. The number of Topliss-reactive ketones (excluding diaryl/α,β-unsaturated/α-hetero) is 1. The number of hydrogen-bond acceptors (Lipinski definition) is 5. The summed E-state index contributed by atoms with van der Waals surface area (Å²) in [4.78, 5) is 34.0. The largest absolute Gasteiger partial charge is 0.383 e. The minimum Gasteiger partial charge on any atom is -0.383 e. The molecule has 0 spiro atoms. The van der Waals surface area contributed by atoms with Crippen LogP contribution in [0.25, 0.3) is 0 Å². The van der Waals surface area contributed by atoms with E-state index in [9.17, 15) is 9.59 Å². The van der Waals surface area contributed by atoms with Crippen molar-refractivity contribution in [3.05, 3.63) is 11.8 Å². The number of nitrogens with zero attached hydrogens (tertiary/aromatic N) is 4. The number of nitrogens with one attached hydrogen (secondary N) is 1. The van der Waals surface area contributed by atoms with Gasteiger partial charge in [0.15, 0.2) is 5.78 Å². The fraction of sp³-hybridized carbons (Fsp3) is 0.826. The average Bonchev–Trinajstić information content (AvgIpc) is 2.69. The summed E-state index contributed by atoms with van der Waals surface area (Å²) in [6.07, 6.45) is 5.37. The fourth-order valence-electron chi connectivity index (χ4n) is 4.84. The molecule has 0 bridgehead atoms. The highest BCUT2D eigenvalue weighted by molar-refractivity contribution is 5.96. The first-order chi connectivity index (χ1) is 14.3. The molecule has 0 aromatic rings. The normalized spacial score (nSPS) is 26.0. The molecule has 0 radical (unpaired) electrons. The molecule has 0 unspecified atom stereocenters. The fourth-order valence-corrected chi connectivity index (χ4v) is 4.84. The predicted octanol–water partition coefficient (Wildman–Crippen LogP) is 2.25. The molecule has 7 heteroatoms. The van der Waals surface area contributed by atoms with Crippen LogP contribution in [0.1, 0.15) is 46.5 Å². The zero-order chi connectivity index (χ0) is 22.3. The van der Waals surface area contributed by atoms with Gasteiger partial charge in [-0.3, -0.25) is 9.69 Å². The maximum absolute atomic E-state index is 12.8. The molecule has 172 valence electrons. The Kier molecular flexibility index (Phi) is 9.62. The summed E-state index contributed by atoms with van der Waals surface area (Å²) >= 11 is 0. The summed E-state index contributed by atoms with van der Waals surface area (Å²) < 4.78 is 0. The highest BCUT2D eigenvalue weighted by Crippen LogP contribution is 2.36. The van der Waals surface area contributed by atoms with E-state index in [0.717, 1.165) is 64.1 Å². The van der Waals surface area contributed by atoms with Crippen LogP contribution < -0.4 is 5.32 Å². The van der Waals surface area contributed by atoms with Gasteiger partial charge in [-0.15, -0.1) is 0 Å². The molecule has 1 saturated carbocycles. The van der Waals surface area contributed by atoms with Gasteiger partial charge >= 0.3 is 6.03 Å². The van der Waals surface area contributed by atoms with Gasteiger partial charge < -0.3 is 20.0 Å². The van der Waals surface area contributed by atoms with E-state index in [1.54, 1.807) is 4.90 Å². The lowest BCUT2D eigenvalue weighted by Crippen LogP contribution is -2.59. The lowest BCUT2D eigenvalue weighted by atomic mass is 9.74. The summed E-state index contributed by atoms with van der Waals surface area (Å²) in [6.45, 7) is 12.0. The second-order valence-electron chi connectivity index (χ2n) is 9.10. The van der Waals surface area contributed by atoms with Crippen LogP contribution in [0.3, 0.4) is 0 Å². The predicted molar refractivity (Wildman–Crippen MR) is 123 cm³/mol. The Morgan fingerprint density at radius 3 is 2.43 bits per heavy atom. The molecule has 2 aliphatic rings. The van der Waals surface area contributed by atoms with Crippen molar-refractivity contribution in [2.75, 3.05) is 60.4 Å². The molecular formula is C23H43N5O2. The molecular weight excluding hydrogens is 378 g/mol. The number of urea groups is 1. The highest BCUT2D eigenvalue weighted by Gasteiger charge is 2.41. The van der Waals surface area contributed by atoms with Crippen molar-refractivity contribution in [1.82, 2.24) is 24.9 Å². The molecule has 2 amide bonds. The molecule has 1 aliphatic carbocycles. The van der Waals surface area contributed by atoms with E-state index in [1.807, 2.05) is 32.2 Å². The molecule has 0 aromatic carbocycles. The lowest BCUT2D eigenvalue weighted by Gasteiger charge is -2.47. The quantitative estimate of drug-likeness (QED) is 0.579. The zero-order valence-corrected chi connectivity index (χ0v) is 20.0. The van der Waals surface area contributed by atoms with Gasteiger partial charge in [0, 0.05) is 71.1 Å². The number of likely N-dealkylation sites (N-methyl/N-ethyl adjacent to an activating group) is 2. The molecule has 1 N–H and O–H groups in total. The van der Waals surface area contributed by atoms with E-state index in [-0.39, 0.29) is 17.9 Å². The standard InChI is InChI=1S/C23H43N5O2/c1-7-10-28-17-20(24-23(30)26(6)11-12-27(8-2)9-3)13-18-15-22(29)19(14-21(18)28)16-25(4)5/h16,18,20-21H,7-15,17H2,1-6H3,(H,24,30)/t18-,20+,21-/m1/s1. The molecule has 1 aliphatic heterocycles. The molecule has 2 rings (SSSR count). The number of piperidine rings is 1. The minimum absolute atomic E-state index is 0.00242. The number of rotatable bonds is 9. The molecule has 1 heterocycles. The summed E-state index contributed by atoms with van der Waals surface area (Å²) in [5.41, 5.74) is 0.945. The second-order valence-corrected chi connectivity index (χ2v) is 9.10. The topological polar surface area (TPSA) is 59.1 Å². The van der Waals surface area contributed by atoms with Crippen LogP contribution in [-0.4, -0.2) is 104 Å². The number of fused-ring (bicyclic) bond motifs is 1. The smallest absolute Gasteiger partial charge is 0.317 e. The van der Waals surface area contributed by atoms with Crippen LogP contribution in [0, 0.1) is 5.92 Å². The number of likely N-dealkylation sites (tertiary alicyclic amines) is 1. The molecule has 7 nitrogen and oxygen atoms in total. The van der Waals surface area contributed by atoms with Crippen LogP contribution in [0.15, 0.2) is 11.8 Å². The molecule has 30 heavy (non-hydrogen) atoms. The second kappa shape index (κ2) is 11.7. The van der Waals surface area contributed by atoms with Crippen LogP contribution >= 0.6 is 0 Å². The number of ketones is 1. The zero-order valence-electron chi connectivity index (χ0n) is 20.0. The van der Waals surface area contributed by atoms with Gasteiger partial charge in [-0.2, -0.15) is 0 Å². The van der Waals surface area contributed by atoms with E-state index < -0.39 is 0 Å². The summed E-state index contributed by atoms with van der Waals surface area (Å²) in [7, 11) is 5.81. The van der Waals surface area contributed by atoms with Gasteiger partial charge in [0.2, 0.25) is 0 Å². The van der Waals surface area contributed by atoms with E-state index >= 15 is 0 Å². The van der Waals surface area contributed by atoms with Gasteiger partial charge in [-0.05, 0) is 44.8 Å². The van der Waals surface area contributed by atoms with Crippen LogP contribution in [-0.2, 0) is 4.79 Å². The summed E-state index contributed by atoms with van der Waals surface area (Å²) in [6, 6.07) is 0.508. The van der Waals surface area contributed by atoms with E-state index in [2.05, 4.69) is 35.9 Å². The van der Waals surface area contributed by atoms with Gasteiger partial charge in [0.25, 0.3) is 0 Å². The third kappa shape index (κ3) is 6.71. The third-order valence-electron chi connectivity index (χ3n) is 6.54. The first-order valence-corrected chi connectivity index (χ1v) is 11.7. The van der Waals surface area contributed by atoms with Crippen molar-refractivity contribution < 1.29 is 9.59 Å². The maximum atomic E-state index is 12.8. The SMILES string of the molecule is CCCN1C[C@@H](NC(=O)N(C)CCN(CC)CC)C[C@@H]2CC(=O)C(=CN(C)C)C[C@H]21. The first kappa shape index (κ1) is 24.7. The van der Waals surface area contributed by atoms with Gasteiger partial charge in [0.1, 0.15) is 0 Å². The highest BCUT2D eigenvalue weighted by atomic mass is 16.2. The Morgan fingerprint density at radius 1 is 1.13 bits per heavy atom. The first-order valence-electron chi connectivity index (χ1n) is 11.7. The Morgan fingerprint density at radius 2 is 1.83 bits per heavy atom. The molecule has 2 fully saturated rings. The van der Waals surface area contributed by atoms with Crippen molar-refractivity contribution in [2.24, 2.45) is 5.92 Å². The Balaban J connectivity index is 1.99. The van der Waals surface area contributed by atoms with E-state index in [0.29, 0.717) is 18.4 Å². The van der Waals surface area contributed by atoms with E-state index in [1.165, 1.54) is 0 Å². The summed E-state index contributed by atoms with van der Waals surface area (Å²) in [5, 5.41) is 3.25. The number of amides is 2. The van der Waals surface area contributed by atoms with Gasteiger partial charge in [-0.1, -0.05) is 20.8 Å². The van der Waals surface area contributed by atoms with Gasteiger partial charge in [-0.25, -0.2) is 4.79 Å². The van der Waals surface area contributed by atoms with Crippen molar-refractivity contribution in [3.63, 3.8) is 0 Å². The van der Waals surface area contributed by atoms with Crippen LogP contribution in [0.4, 0.5) is 4.79 Å². The van der Waals surface area contributed by atoms with Crippen LogP contribution in [0.2, 0.25) is 0 Å². The third-order valence-corrected chi connectivity index (χ3v) is 6.54. The van der Waals surface area contributed by atoms with Crippen molar-refractivity contribution in [3.8, 4) is 0 Å². The average molecular weight is 422 g/mol. The lowest BCUT2D eigenvalue weighted by molar-refractivity contribution is -0.119. The van der Waals surface area contributed by atoms with Crippen molar-refractivity contribution in [1.29, 1.82) is 0 Å². The van der Waals surface area contributed by atoms with Crippen LogP contribution in [0.5, 0.6) is 0 Å². The minimum atomic E-state index is -0.00242. The summed E-state index contributed by atoms with van der Waals surface area (Å²) in [5.74, 6) is 0.591. The number of carbonyl (C=O) groups excluding carboxylic acids is 2. The number of carbonyl (C=O) groups is 2. The molecule has 3 atom stereocenters. The van der Waals surface area contributed by atoms with Crippen molar-refractivity contribution >= 4 is 11.8 Å².